The van der Waals surface area contributed by atoms with Gasteiger partial charge in [0.05, 0.1) is 19.6 Å². The van der Waals surface area contributed by atoms with Crippen molar-refractivity contribution in [3.8, 4) is 0 Å². The van der Waals surface area contributed by atoms with Gasteiger partial charge in [-0.3, -0.25) is 0 Å². The van der Waals surface area contributed by atoms with Crippen LogP contribution in [0.3, 0.4) is 0 Å². The molecular formula is C51H72N4O8S4. The zero-order chi connectivity index (χ0) is 48.2. The molecule has 0 heterocycles. The van der Waals surface area contributed by atoms with Crippen LogP contribution in [0.15, 0.2) is 117 Å². The van der Waals surface area contributed by atoms with Crippen molar-refractivity contribution in [3.05, 3.63) is 119 Å². The average molecular weight is 997 g/mol. The predicted molar refractivity (Wildman–Crippen MR) is 267 cm³/mol. The first-order chi connectivity index (χ1) is 31.9. The maximum absolute atomic E-state index is 14.0. The Hall–Kier alpha value is -3.48. The average Bonchev–Trinajstić information content (AvgIpc) is 4.24. The van der Waals surface area contributed by atoms with Gasteiger partial charge in [-0.05, 0) is 152 Å². The molecule has 67 heavy (non-hydrogen) atoms. The van der Waals surface area contributed by atoms with Crippen LogP contribution in [0.2, 0.25) is 0 Å². The van der Waals surface area contributed by atoms with Crippen LogP contribution in [-0.2, 0) is 40.1 Å². The molecule has 4 aromatic carbocycles. The highest BCUT2D eigenvalue weighted by molar-refractivity contribution is 7.90. The third kappa shape index (κ3) is 15.3. The van der Waals surface area contributed by atoms with Crippen molar-refractivity contribution < 1.29 is 33.7 Å². The van der Waals surface area contributed by atoms with Gasteiger partial charge in [0.2, 0.25) is 40.1 Å². The van der Waals surface area contributed by atoms with E-state index in [1.54, 1.807) is 106 Å². The standard InChI is InChI=1S/C51H72N4O8S4/c1-42-14-26-48(27-15-42)64(56,57)52(36-10-12-38-54(40-46-22-23-46)66(60,61)50-30-18-44(3)19-31-50)34-8-6-5-7-9-35-53(65(58,59)49-28-16-43(2)17-29-49)37-11-13-39-55(41-47-24-25-47)67(62,63)51-32-20-45(4)21-33-51/h14-21,26-33,46-47H,5-13,22-25,34-41H2,1-4H3. The van der Waals surface area contributed by atoms with Gasteiger partial charge in [-0.2, -0.15) is 17.2 Å². The summed E-state index contributed by atoms with van der Waals surface area (Å²) in [6.45, 7) is 10.4. The van der Waals surface area contributed by atoms with Crippen molar-refractivity contribution in [3.63, 3.8) is 0 Å². The third-order valence-electron chi connectivity index (χ3n) is 12.9. The summed E-state index contributed by atoms with van der Waals surface area (Å²) in [7, 11) is -15.0. The third-order valence-corrected chi connectivity index (χ3v) is 20.5. The summed E-state index contributed by atoms with van der Waals surface area (Å²) in [6, 6.07) is 27.5. The van der Waals surface area contributed by atoms with Gasteiger partial charge in [-0.15, -0.1) is 0 Å². The number of hydrogen-bond acceptors (Lipinski definition) is 8. The van der Waals surface area contributed by atoms with Gasteiger partial charge in [0, 0.05) is 52.4 Å². The molecular weight excluding hydrogens is 925 g/mol. The molecule has 2 aliphatic carbocycles. The van der Waals surface area contributed by atoms with Gasteiger partial charge >= 0.3 is 0 Å². The molecule has 2 saturated carbocycles. The molecule has 2 aliphatic rings. The van der Waals surface area contributed by atoms with E-state index in [-0.39, 0.29) is 32.7 Å². The summed E-state index contributed by atoms with van der Waals surface area (Å²) in [5.74, 6) is 0.713. The van der Waals surface area contributed by atoms with Gasteiger partial charge < -0.3 is 0 Å². The number of benzene rings is 4. The maximum atomic E-state index is 14.0. The van der Waals surface area contributed by atoms with E-state index in [0.29, 0.717) is 89.6 Å². The van der Waals surface area contributed by atoms with Gasteiger partial charge in [0.1, 0.15) is 0 Å². The predicted octanol–water partition coefficient (Wildman–Crippen LogP) is 9.31. The van der Waals surface area contributed by atoms with E-state index < -0.39 is 40.1 Å². The molecule has 0 aromatic heterocycles. The zero-order valence-corrected chi connectivity index (χ0v) is 43.2. The molecule has 0 saturated heterocycles. The minimum Gasteiger partial charge on any atom is -0.207 e. The summed E-state index contributed by atoms with van der Waals surface area (Å²) < 4.78 is 117. The summed E-state index contributed by atoms with van der Waals surface area (Å²) in [5.41, 5.74) is 3.89. The van der Waals surface area contributed by atoms with Crippen molar-refractivity contribution in [2.45, 2.75) is 131 Å². The Morgan fingerprint density at radius 1 is 0.313 bits per heavy atom. The Kier molecular flexibility index (Phi) is 18.9. The Morgan fingerprint density at radius 3 is 0.746 bits per heavy atom. The fourth-order valence-electron chi connectivity index (χ4n) is 8.20. The Balaban J connectivity index is 1.03. The van der Waals surface area contributed by atoms with Gasteiger partial charge in [-0.25, -0.2) is 33.7 Å². The van der Waals surface area contributed by atoms with Crippen LogP contribution < -0.4 is 0 Å². The fourth-order valence-corrected chi connectivity index (χ4v) is 14.3. The number of aryl methyl sites for hydroxylation is 4. The maximum Gasteiger partial charge on any atom is 0.243 e. The van der Waals surface area contributed by atoms with E-state index in [0.717, 1.165) is 67.2 Å². The second-order valence-corrected chi connectivity index (χ2v) is 26.6. The Bertz CT molecular complexity index is 2450. The molecule has 16 heteroatoms. The minimum absolute atomic E-state index is 0.230. The largest absolute Gasteiger partial charge is 0.243 e. The lowest BCUT2D eigenvalue weighted by atomic mass is 10.1. The van der Waals surface area contributed by atoms with Crippen LogP contribution in [-0.4, -0.2) is 103 Å². The Labute approximate surface area is 403 Å². The molecule has 2 fully saturated rings. The van der Waals surface area contributed by atoms with Crippen LogP contribution in [0.4, 0.5) is 0 Å². The molecule has 368 valence electrons. The van der Waals surface area contributed by atoms with E-state index in [4.69, 9.17) is 0 Å². The lowest BCUT2D eigenvalue weighted by Gasteiger charge is -2.25. The molecule has 0 spiro atoms. The molecule has 0 amide bonds. The number of hydrogen-bond donors (Lipinski definition) is 0. The highest BCUT2D eigenvalue weighted by atomic mass is 32.2. The number of nitrogens with zero attached hydrogens (tertiary/aromatic N) is 4. The highest BCUT2D eigenvalue weighted by Gasteiger charge is 2.33. The van der Waals surface area contributed by atoms with Crippen LogP contribution >= 0.6 is 0 Å². The molecule has 4 aromatic rings. The molecule has 0 radical (unpaired) electrons. The second-order valence-electron chi connectivity index (χ2n) is 18.9. The quantitative estimate of drug-likeness (QED) is 0.0470. The van der Waals surface area contributed by atoms with Crippen LogP contribution in [0, 0.1) is 39.5 Å². The second kappa shape index (κ2) is 23.9. The number of sulfonamides is 4. The van der Waals surface area contributed by atoms with Crippen molar-refractivity contribution >= 4 is 40.1 Å². The minimum atomic E-state index is -3.81. The van der Waals surface area contributed by atoms with Crippen molar-refractivity contribution in [1.29, 1.82) is 0 Å². The van der Waals surface area contributed by atoms with Crippen molar-refractivity contribution in [2.24, 2.45) is 11.8 Å². The summed E-state index contributed by atoms with van der Waals surface area (Å²) >= 11 is 0. The molecule has 0 atom stereocenters. The van der Waals surface area contributed by atoms with E-state index in [1.807, 2.05) is 27.7 Å². The fraction of sp³-hybridized carbons (Fsp3) is 0.529. The molecule has 0 aliphatic heterocycles. The van der Waals surface area contributed by atoms with Gasteiger partial charge in [0.25, 0.3) is 0 Å². The van der Waals surface area contributed by atoms with Crippen molar-refractivity contribution in [2.75, 3.05) is 52.4 Å². The SMILES string of the molecule is Cc1ccc(S(=O)(=O)N(CCCCCCCN(CCCCN(CC2CC2)S(=O)(=O)c2ccc(C)cc2)S(=O)(=O)c2ccc(C)cc2)CCCCN(CC2CC2)S(=O)(=O)c2ccc(C)cc2)cc1. The Morgan fingerprint density at radius 2 is 0.507 bits per heavy atom. The smallest absolute Gasteiger partial charge is 0.207 e. The molecule has 12 nitrogen and oxygen atoms in total. The topological polar surface area (TPSA) is 150 Å². The molecule has 0 N–H and O–H groups in total. The number of rotatable bonds is 30. The van der Waals surface area contributed by atoms with E-state index in [2.05, 4.69) is 0 Å². The lowest BCUT2D eigenvalue weighted by Crippen LogP contribution is -2.36. The first kappa shape index (κ1) is 52.9. The zero-order valence-electron chi connectivity index (χ0n) is 39.9. The van der Waals surface area contributed by atoms with E-state index in [9.17, 15) is 33.7 Å². The molecule has 6 rings (SSSR count). The summed E-state index contributed by atoms with van der Waals surface area (Å²) in [6.07, 6.45) is 9.62. The highest BCUT2D eigenvalue weighted by Crippen LogP contribution is 2.33. The monoisotopic (exact) mass is 996 g/mol. The van der Waals surface area contributed by atoms with Crippen LogP contribution in [0.1, 0.15) is 106 Å². The van der Waals surface area contributed by atoms with Crippen molar-refractivity contribution in [1.82, 2.24) is 17.2 Å². The lowest BCUT2D eigenvalue weighted by molar-refractivity contribution is 0.351. The molecule has 0 bridgehead atoms. The van der Waals surface area contributed by atoms with E-state index in [1.165, 1.54) is 8.61 Å². The first-order valence-corrected chi connectivity index (χ1v) is 29.9. The summed E-state index contributed by atoms with van der Waals surface area (Å²) in [4.78, 5) is 1.01. The van der Waals surface area contributed by atoms with Crippen LogP contribution in [0.5, 0.6) is 0 Å². The number of unbranched alkanes of at least 4 members (excludes halogenated alkanes) is 6. The normalized spacial score (nSPS) is 15.0. The van der Waals surface area contributed by atoms with Gasteiger partial charge in [0.15, 0.2) is 0 Å². The molecule has 0 unspecified atom stereocenters. The van der Waals surface area contributed by atoms with Crippen LogP contribution in [0.25, 0.3) is 0 Å². The summed E-state index contributed by atoms with van der Waals surface area (Å²) in [5, 5.41) is 0. The van der Waals surface area contributed by atoms with Gasteiger partial charge in [-0.1, -0.05) is 90.0 Å². The van der Waals surface area contributed by atoms with E-state index >= 15 is 0 Å². The first-order valence-electron chi connectivity index (χ1n) is 24.1.